The number of amides is 1. The van der Waals surface area contributed by atoms with Gasteiger partial charge in [-0.3, -0.25) is 9.69 Å². The van der Waals surface area contributed by atoms with Gasteiger partial charge in [0.1, 0.15) is 0 Å². The van der Waals surface area contributed by atoms with Crippen molar-refractivity contribution in [1.82, 2.24) is 10.2 Å². The summed E-state index contributed by atoms with van der Waals surface area (Å²) in [6.45, 7) is 11.6. The van der Waals surface area contributed by atoms with Gasteiger partial charge in [0.05, 0.1) is 5.92 Å². The van der Waals surface area contributed by atoms with Gasteiger partial charge in [0.2, 0.25) is 5.91 Å². The van der Waals surface area contributed by atoms with Crippen molar-refractivity contribution in [3.05, 3.63) is 48.0 Å². The maximum absolute atomic E-state index is 12.9. The molecular formula is C24H34N2O. The van der Waals surface area contributed by atoms with E-state index >= 15 is 0 Å². The average Bonchev–Trinajstić information content (AvgIpc) is 2.66. The fourth-order valence-corrected chi connectivity index (χ4v) is 4.47. The van der Waals surface area contributed by atoms with Gasteiger partial charge < -0.3 is 5.32 Å². The van der Waals surface area contributed by atoms with Crippen molar-refractivity contribution in [3.8, 4) is 0 Å². The predicted molar refractivity (Wildman–Crippen MR) is 114 cm³/mol. The number of fused-ring (bicyclic) bond motifs is 1. The Balaban J connectivity index is 1.66. The Bertz CT molecular complexity index is 755. The summed E-state index contributed by atoms with van der Waals surface area (Å²) in [5, 5.41) is 5.95. The zero-order valence-electron chi connectivity index (χ0n) is 17.2. The number of hydrogen-bond donors (Lipinski definition) is 1. The lowest BCUT2D eigenvalue weighted by Crippen LogP contribution is -2.48. The van der Waals surface area contributed by atoms with Crippen LogP contribution in [0.15, 0.2) is 42.5 Å². The summed E-state index contributed by atoms with van der Waals surface area (Å²) in [5.41, 5.74) is 1.36. The van der Waals surface area contributed by atoms with Crippen LogP contribution in [0, 0.1) is 17.8 Å². The van der Waals surface area contributed by atoms with Crippen LogP contribution in [0.3, 0.4) is 0 Å². The molecule has 0 bridgehead atoms. The van der Waals surface area contributed by atoms with Gasteiger partial charge >= 0.3 is 0 Å². The summed E-state index contributed by atoms with van der Waals surface area (Å²) < 4.78 is 0. The Morgan fingerprint density at radius 2 is 1.78 bits per heavy atom. The molecule has 2 aromatic rings. The SMILES string of the molecule is CC(C)C(NC(=O)C1CCCN(Cc2cccc3ccccc23)C1)C(C)C. The predicted octanol–water partition coefficient (Wildman–Crippen LogP) is 4.85. The van der Waals surface area contributed by atoms with E-state index < -0.39 is 0 Å². The van der Waals surface area contributed by atoms with Crippen LogP contribution in [0.2, 0.25) is 0 Å². The van der Waals surface area contributed by atoms with Crippen LogP contribution >= 0.6 is 0 Å². The van der Waals surface area contributed by atoms with E-state index in [-0.39, 0.29) is 17.9 Å². The fraction of sp³-hybridized carbons (Fsp3) is 0.542. The van der Waals surface area contributed by atoms with E-state index in [1.54, 1.807) is 0 Å². The van der Waals surface area contributed by atoms with Crippen molar-refractivity contribution in [2.45, 2.75) is 53.1 Å². The molecule has 3 rings (SSSR count). The molecule has 0 spiro atoms. The van der Waals surface area contributed by atoms with Crippen LogP contribution in [0.25, 0.3) is 10.8 Å². The number of hydrogen-bond acceptors (Lipinski definition) is 2. The number of carbonyl (C=O) groups is 1. The van der Waals surface area contributed by atoms with Crippen LogP contribution in [-0.4, -0.2) is 29.9 Å². The number of carbonyl (C=O) groups excluding carboxylic acids is 1. The van der Waals surface area contributed by atoms with Crippen LogP contribution in [0.5, 0.6) is 0 Å². The minimum Gasteiger partial charge on any atom is -0.353 e. The second-order valence-corrected chi connectivity index (χ2v) is 8.73. The Morgan fingerprint density at radius 1 is 1.07 bits per heavy atom. The molecule has 3 heteroatoms. The standard InChI is InChI=1S/C24H34N2O/c1-17(2)23(18(3)4)25-24(27)21-12-8-14-26(16-21)15-20-11-7-10-19-9-5-6-13-22(19)20/h5-7,9-11,13,17-18,21,23H,8,12,14-16H2,1-4H3,(H,25,27). The number of nitrogens with one attached hydrogen (secondary N) is 1. The molecule has 146 valence electrons. The third-order valence-corrected chi connectivity index (χ3v) is 5.90. The summed E-state index contributed by atoms with van der Waals surface area (Å²) >= 11 is 0. The molecule has 1 N–H and O–H groups in total. The van der Waals surface area contributed by atoms with Gasteiger partial charge in [-0.2, -0.15) is 0 Å². The molecule has 1 aliphatic rings. The van der Waals surface area contributed by atoms with Gasteiger partial charge in [0.15, 0.2) is 0 Å². The molecule has 1 saturated heterocycles. The minimum absolute atomic E-state index is 0.105. The topological polar surface area (TPSA) is 32.3 Å². The first-order valence-corrected chi connectivity index (χ1v) is 10.4. The summed E-state index contributed by atoms with van der Waals surface area (Å²) in [5.74, 6) is 1.27. The smallest absolute Gasteiger partial charge is 0.224 e. The van der Waals surface area contributed by atoms with E-state index in [1.165, 1.54) is 16.3 Å². The minimum atomic E-state index is 0.105. The molecule has 1 heterocycles. The highest BCUT2D eigenvalue weighted by atomic mass is 16.2. The molecule has 0 aromatic heterocycles. The maximum Gasteiger partial charge on any atom is 0.224 e. The van der Waals surface area contributed by atoms with Crippen molar-refractivity contribution in [2.75, 3.05) is 13.1 Å². The molecule has 1 aliphatic heterocycles. The number of nitrogens with zero attached hydrogens (tertiary/aromatic N) is 1. The molecule has 1 atom stereocenters. The van der Waals surface area contributed by atoms with Gasteiger partial charge in [-0.05, 0) is 47.6 Å². The van der Waals surface area contributed by atoms with E-state index in [2.05, 4.69) is 80.4 Å². The lowest BCUT2D eigenvalue weighted by atomic mass is 9.91. The quantitative estimate of drug-likeness (QED) is 0.793. The first-order valence-electron chi connectivity index (χ1n) is 10.4. The average molecular weight is 367 g/mol. The summed E-state index contributed by atoms with van der Waals surface area (Å²) in [7, 11) is 0. The number of benzene rings is 2. The van der Waals surface area contributed by atoms with E-state index in [1.807, 2.05) is 0 Å². The molecule has 0 saturated carbocycles. The molecule has 0 aliphatic carbocycles. The van der Waals surface area contributed by atoms with Crippen LogP contribution in [0.4, 0.5) is 0 Å². The van der Waals surface area contributed by atoms with E-state index in [0.29, 0.717) is 11.8 Å². The van der Waals surface area contributed by atoms with Crippen molar-refractivity contribution in [3.63, 3.8) is 0 Å². The second-order valence-electron chi connectivity index (χ2n) is 8.73. The van der Waals surface area contributed by atoms with Crippen LogP contribution in [-0.2, 0) is 11.3 Å². The van der Waals surface area contributed by atoms with E-state index in [9.17, 15) is 4.79 Å². The van der Waals surface area contributed by atoms with Crippen molar-refractivity contribution >= 4 is 16.7 Å². The molecule has 1 amide bonds. The van der Waals surface area contributed by atoms with E-state index in [4.69, 9.17) is 0 Å². The van der Waals surface area contributed by atoms with Gasteiger partial charge in [-0.25, -0.2) is 0 Å². The Labute approximate surface area is 164 Å². The van der Waals surface area contributed by atoms with Gasteiger partial charge in [-0.1, -0.05) is 70.2 Å². The monoisotopic (exact) mass is 366 g/mol. The lowest BCUT2D eigenvalue weighted by molar-refractivity contribution is -0.128. The van der Waals surface area contributed by atoms with E-state index in [0.717, 1.165) is 32.5 Å². The second kappa shape index (κ2) is 8.88. The first kappa shape index (κ1) is 19.9. The lowest BCUT2D eigenvalue weighted by Gasteiger charge is -2.34. The number of piperidine rings is 1. The van der Waals surface area contributed by atoms with Gasteiger partial charge in [-0.15, -0.1) is 0 Å². The molecule has 1 fully saturated rings. The summed E-state index contributed by atoms with van der Waals surface area (Å²) in [4.78, 5) is 15.3. The zero-order valence-corrected chi connectivity index (χ0v) is 17.2. The van der Waals surface area contributed by atoms with Crippen molar-refractivity contribution < 1.29 is 4.79 Å². The third kappa shape index (κ3) is 4.90. The highest BCUT2D eigenvalue weighted by molar-refractivity contribution is 5.85. The number of likely N-dealkylation sites (tertiary alicyclic amines) is 1. The fourth-order valence-electron chi connectivity index (χ4n) is 4.47. The zero-order chi connectivity index (χ0) is 19.4. The third-order valence-electron chi connectivity index (χ3n) is 5.90. The molecule has 1 unspecified atom stereocenters. The highest BCUT2D eigenvalue weighted by Gasteiger charge is 2.29. The maximum atomic E-state index is 12.9. The van der Waals surface area contributed by atoms with Gasteiger partial charge in [0, 0.05) is 19.1 Å². The molecule has 2 aromatic carbocycles. The largest absolute Gasteiger partial charge is 0.353 e. The van der Waals surface area contributed by atoms with Gasteiger partial charge in [0.25, 0.3) is 0 Å². The van der Waals surface area contributed by atoms with Crippen LogP contribution < -0.4 is 5.32 Å². The molecule has 3 nitrogen and oxygen atoms in total. The molecular weight excluding hydrogens is 332 g/mol. The van der Waals surface area contributed by atoms with Crippen molar-refractivity contribution in [1.29, 1.82) is 0 Å². The number of rotatable bonds is 6. The Morgan fingerprint density at radius 3 is 2.52 bits per heavy atom. The summed E-state index contributed by atoms with van der Waals surface area (Å²) in [6, 6.07) is 15.4. The highest BCUT2D eigenvalue weighted by Crippen LogP contribution is 2.24. The Hall–Kier alpha value is -1.87. The molecule has 27 heavy (non-hydrogen) atoms. The van der Waals surface area contributed by atoms with Crippen molar-refractivity contribution in [2.24, 2.45) is 17.8 Å². The van der Waals surface area contributed by atoms with Crippen LogP contribution in [0.1, 0.15) is 46.1 Å². The molecule has 0 radical (unpaired) electrons. The Kier molecular flexibility index (Phi) is 6.54. The summed E-state index contributed by atoms with van der Waals surface area (Å²) in [6.07, 6.45) is 2.09. The first-order chi connectivity index (χ1) is 13.0. The normalized spacial score (nSPS) is 18.6.